The Balaban J connectivity index is 1.42. The van der Waals surface area contributed by atoms with Crippen molar-refractivity contribution in [2.24, 2.45) is 0 Å². The van der Waals surface area contributed by atoms with Crippen molar-refractivity contribution in [3.63, 3.8) is 0 Å². The van der Waals surface area contributed by atoms with Crippen LogP contribution in [0.3, 0.4) is 0 Å². The number of allylic oxidation sites excluding steroid dienone is 2. The first-order valence-corrected chi connectivity index (χ1v) is 14.6. The van der Waals surface area contributed by atoms with Crippen molar-refractivity contribution < 1.29 is 32.1 Å². The minimum absolute atomic E-state index is 0.445. The van der Waals surface area contributed by atoms with E-state index in [0.29, 0.717) is 7.25 Å². The number of furan rings is 2. The fourth-order valence-electron chi connectivity index (χ4n) is 5.05. The number of aryl methyl sites for hydroxylation is 2. The molecule has 0 aliphatic heterocycles. The Morgan fingerprint density at radius 1 is 0.606 bits per heavy atom. The maximum absolute atomic E-state index is 6.27. The van der Waals surface area contributed by atoms with Gasteiger partial charge in [0.2, 0.25) is 0 Å². The summed E-state index contributed by atoms with van der Waals surface area (Å²) in [6, 6.07) is 26.4. The molecule has 2 aliphatic rings. The molecule has 0 spiro atoms. The molecule has 162 valence electrons. The second-order valence-corrected chi connectivity index (χ2v) is 12.4. The van der Waals surface area contributed by atoms with Gasteiger partial charge in [-0.05, 0) is 0 Å². The molecule has 2 unspecified atom stereocenters. The van der Waals surface area contributed by atoms with Crippen LogP contribution in [0.2, 0.25) is 0 Å². The van der Waals surface area contributed by atoms with E-state index in [-0.39, 0.29) is 0 Å². The van der Waals surface area contributed by atoms with Gasteiger partial charge in [0.25, 0.3) is 0 Å². The van der Waals surface area contributed by atoms with E-state index in [9.17, 15) is 0 Å². The summed E-state index contributed by atoms with van der Waals surface area (Å²) >= 11 is -1.06. The van der Waals surface area contributed by atoms with Crippen LogP contribution in [-0.2, 0) is 36.1 Å². The monoisotopic (exact) mass is 508 g/mol. The molecule has 0 amide bonds. The van der Waals surface area contributed by atoms with Crippen LogP contribution < -0.4 is 0 Å². The number of fused-ring (bicyclic) bond motifs is 2. The summed E-state index contributed by atoms with van der Waals surface area (Å²) in [6.45, 7) is 4.30. The normalized spacial score (nSPS) is 18.6. The summed E-state index contributed by atoms with van der Waals surface area (Å²) < 4.78 is 13.4. The van der Waals surface area contributed by atoms with Gasteiger partial charge in [-0.1, -0.05) is 0 Å². The van der Waals surface area contributed by atoms with Crippen LogP contribution in [0.1, 0.15) is 66.4 Å². The van der Waals surface area contributed by atoms with E-state index < -0.39 is 23.2 Å². The molecule has 0 saturated carbocycles. The summed E-state index contributed by atoms with van der Waals surface area (Å²) in [5.74, 6) is 4.19. The van der Waals surface area contributed by atoms with Crippen LogP contribution in [0, 0.1) is 0 Å². The molecule has 2 aromatic carbocycles. The fraction of sp³-hybridized carbons (Fsp3) is 0.200. The van der Waals surface area contributed by atoms with Gasteiger partial charge >= 0.3 is 207 Å². The van der Waals surface area contributed by atoms with Crippen molar-refractivity contribution in [1.29, 1.82) is 0 Å². The van der Waals surface area contributed by atoms with Crippen molar-refractivity contribution in [2.75, 3.05) is 0 Å². The van der Waals surface area contributed by atoms with Crippen LogP contribution in [0.5, 0.6) is 0 Å². The van der Waals surface area contributed by atoms with Gasteiger partial charge in [-0.2, -0.15) is 0 Å². The molecular formula is C30H26O2Zr. The zero-order valence-corrected chi connectivity index (χ0v) is 21.4. The third-order valence-electron chi connectivity index (χ3n) is 6.78. The third-order valence-corrected chi connectivity index (χ3v) is 11.5. The Bertz CT molecular complexity index is 1280. The number of hydrogen-bond donors (Lipinski definition) is 0. The van der Waals surface area contributed by atoms with Gasteiger partial charge in [0.1, 0.15) is 0 Å². The van der Waals surface area contributed by atoms with E-state index in [4.69, 9.17) is 8.83 Å². The van der Waals surface area contributed by atoms with E-state index in [1.807, 2.05) is 0 Å². The molecule has 6 rings (SSSR count). The Morgan fingerprint density at radius 3 is 1.48 bits per heavy atom. The van der Waals surface area contributed by atoms with Gasteiger partial charge in [0, 0.05) is 0 Å². The standard InChI is InChI=1S/2C15H13O.Zr/c2*1-2-14-7-8-15(16-14)13-9-11-5-3-4-6-12(11)10-13;/h2*3-10H,2H2,1H3;. The fourth-order valence-corrected chi connectivity index (χ4v) is 10.0. The van der Waals surface area contributed by atoms with E-state index in [1.165, 1.54) is 33.4 Å². The van der Waals surface area contributed by atoms with Gasteiger partial charge in [0.05, 0.1) is 0 Å². The topological polar surface area (TPSA) is 26.3 Å². The molecule has 33 heavy (non-hydrogen) atoms. The number of hydrogen-bond acceptors (Lipinski definition) is 2. The molecule has 0 radical (unpaired) electrons. The molecule has 0 N–H and O–H groups in total. The first kappa shape index (κ1) is 20.9. The predicted molar refractivity (Wildman–Crippen MR) is 130 cm³/mol. The molecule has 2 aliphatic carbocycles. The molecule has 2 nitrogen and oxygen atoms in total. The molecule has 0 bridgehead atoms. The minimum atomic E-state index is -1.06. The zero-order chi connectivity index (χ0) is 22.4. The second-order valence-electron chi connectivity index (χ2n) is 8.73. The van der Waals surface area contributed by atoms with Gasteiger partial charge in [0.15, 0.2) is 0 Å². The molecule has 3 heteroatoms. The summed E-state index contributed by atoms with van der Waals surface area (Å²) in [5.41, 5.74) is 8.34. The summed E-state index contributed by atoms with van der Waals surface area (Å²) in [5, 5.41) is 0. The Kier molecular flexibility index (Phi) is 5.47. The quantitative estimate of drug-likeness (QED) is 0.263. The molecular weight excluding hydrogens is 484 g/mol. The van der Waals surface area contributed by atoms with Crippen molar-refractivity contribution in [3.05, 3.63) is 118 Å². The first-order chi connectivity index (χ1) is 16.2. The van der Waals surface area contributed by atoms with Gasteiger partial charge in [-0.25, -0.2) is 0 Å². The van der Waals surface area contributed by atoms with E-state index in [0.717, 1.165) is 35.9 Å². The molecule has 4 aromatic rings. The van der Waals surface area contributed by atoms with Crippen LogP contribution >= 0.6 is 0 Å². The Labute approximate surface area is 206 Å². The SMILES string of the molecule is CCc1ccc(C2=Cc3ccccc3[CH]2[Zr][CH]2C(c3ccc(CC)o3)=Cc3ccccc32)o1. The zero-order valence-electron chi connectivity index (χ0n) is 19.0. The van der Waals surface area contributed by atoms with Gasteiger partial charge in [-0.3, -0.25) is 0 Å². The maximum atomic E-state index is 6.27. The van der Waals surface area contributed by atoms with E-state index >= 15 is 0 Å². The second kappa shape index (κ2) is 8.62. The molecule has 0 saturated heterocycles. The molecule has 0 fully saturated rings. The summed E-state index contributed by atoms with van der Waals surface area (Å²) in [7, 11) is 0. The Hall–Kier alpha value is -2.64. The number of rotatable bonds is 6. The van der Waals surface area contributed by atoms with Crippen molar-refractivity contribution in [3.8, 4) is 0 Å². The molecule has 2 aromatic heterocycles. The third kappa shape index (κ3) is 3.67. The van der Waals surface area contributed by atoms with Crippen molar-refractivity contribution in [2.45, 2.75) is 33.9 Å². The summed E-state index contributed by atoms with van der Waals surface area (Å²) in [6.07, 6.45) is 6.58. The van der Waals surface area contributed by atoms with E-state index in [2.05, 4.69) is 98.8 Å². The van der Waals surface area contributed by atoms with E-state index in [1.54, 1.807) is 0 Å². The van der Waals surface area contributed by atoms with Crippen LogP contribution in [0.4, 0.5) is 0 Å². The van der Waals surface area contributed by atoms with Crippen LogP contribution in [-0.4, -0.2) is 0 Å². The van der Waals surface area contributed by atoms with Crippen molar-refractivity contribution in [1.82, 2.24) is 0 Å². The summed E-state index contributed by atoms with van der Waals surface area (Å²) in [4.78, 5) is 0. The average Bonchev–Trinajstić information content (AvgIpc) is 3.64. The van der Waals surface area contributed by atoms with Crippen LogP contribution in [0.25, 0.3) is 23.3 Å². The first-order valence-electron chi connectivity index (χ1n) is 11.8. The van der Waals surface area contributed by atoms with Gasteiger partial charge < -0.3 is 0 Å². The van der Waals surface area contributed by atoms with Gasteiger partial charge in [-0.15, -0.1) is 0 Å². The molecule has 2 atom stereocenters. The molecule has 2 heterocycles. The number of benzene rings is 2. The predicted octanol–water partition coefficient (Wildman–Crippen LogP) is 7.97. The Morgan fingerprint density at radius 2 is 1.06 bits per heavy atom. The van der Waals surface area contributed by atoms with Crippen LogP contribution in [0.15, 0.2) is 81.6 Å². The van der Waals surface area contributed by atoms with Crippen molar-refractivity contribution >= 4 is 23.3 Å². The average molecular weight is 510 g/mol.